The number of carbonyl (C=O) groups is 1. The number of alkyl halides is 3. The molecule has 0 saturated carbocycles. The molecular weight excluding hydrogens is 259 g/mol. The maximum atomic E-state index is 12.6. The van der Waals surface area contributed by atoms with Gasteiger partial charge in [0.15, 0.2) is 0 Å². The van der Waals surface area contributed by atoms with Crippen LogP contribution in [0.15, 0.2) is 18.2 Å². The van der Waals surface area contributed by atoms with Gasteiger partial charge in [-0.05, 0) is 25.1 Å². The largest absolute Gasteiger partial charge is 0.478 e. The van der Waals surface area contributed by atoms with Crippen molar-refractivity contribution in [1.82, 2.24) is 0 Å². The third kappa shape index (κ3) is 3.41. The SMILES string of the molecule is C#CCN(CC)c1ccc(C(F)(F)F)cc1C(=O)O. The van der Waals surface area contributed by atoms with Crippen molar-refractivity contribution in [3.8, 4) is 12.3 Å². The van der Waals surface area contributed by atoms with Crippen LogP contribution < -0.4 is 4.90 Å². The van der Waals surface area contributed by atoms with Crippen LogP contribution in [0.4, 0.5) is 18.9 Å². The minimum atomic E-state index is -4.58. The van der Waals surface area contributed by atoms with Gasteiger partial charge in [-0.25, -0.2) is 4.79 Å². The average Bonchev–Trinajstić information content (AvgIpc) is 2.34. The lowest BCUT2D eigenvalue weighted by Crippen LogP contribution is -2.25. The summed E-state index contributed by atoms with van der Waals surface area (Å²) < 4.78 is 37.7. The van der Waals surface area contributed by atoms with Gasteiger partial charge in [0.25, 0.3) is 0 Å². The third-order valence-corrected chi connectivity index (χ3v) is 2.56. The van der Waals surface area contributed by atoms with Gasteiger partial charge in [0.05, 0.1) is 23.4 Å². The maximum Gasteiger partial charge on any atom is 0.416 e. The van der Waals surface area contributed by atoms with E-state index in [9.17, 15) is 18.0 Å². The Labute approximate surface area is 108 Å². The highest BCUT2D eigenvalue weighted by molar-refractivity contribution is 5.94. The van der Waals surface area contributed by atoms with Crippen LogP contribution in [0.25, 0.3) is 0 Å². The van der Waals surface area contributed by atoms with E-state index in [0.29, 0.717) is 12.6 Å². The number of rotatable bonds is 4. The normalized spacial score (nSPS) is 10.9. The van der Waals surface area contributed by atoms with Crippen molar-refractivity contribution in [1.29, 1.82) is 0 Å². The average molecular weight is 271 g/mol. The molecule has 0 aliphatic carbocycles. The van der Waals surface area contributed by atoms with Crippen LogP contribution in [0.5, 0.6) is 0 Å². The van der Waals surface area contributed by atoms with Gasteiger partial charge < -0.3 is 10.0 Å². The number of aromatic carboxylic acids is 1. The minimum absolute atomic E-state index is 0.127. The summed E-state index contributed by atoms with van der Waals surface area (Å²) in [7, 11) is 0. The molecule has 19 heavy (non-hydrogen) atoms. The molecule has 1 aromatic rings. The standard InChI is InChI=1S/C13H12F3NO2/c1-3-7-17(4-2)11-6-5-9(13(14,15)16)8-10(11)12(18)19/h1,5-6,8H,4,7H2,2H3,(H,18,19). The Hall–Kier alpha value is -2.16. The zero-order chi connectivity index (χ0) is 14.6. The van der Waals surface area contributed by atoms with Crippen LogP contribution in [-0.2, 0) is 6.18 Å². The third-order valence-electron chi connectivity index (χ3n) is 2.56. The van der Waals surface area contributed by atoms with Crippen LogP contribution in [0.3, 0.4) is 0 Å². The molecule has 1 aromatic carbocycles. The van der Waals surface area contributed by atoms with Crippen LogP contribution in [0.2, 0.25) is 0 Å². The van der Waals surface area contributed by atoms with Gasteiger partial charge in [0.1, 0.15) is 0 Å². The molecule has 0 heterocycles. The van der Waals surface area contributed by atoms with Crippen molar-refractivity contribution >= 4 is 11.7 Å². The first-order valence-corrected chi connectivity index (χ1v) is 5.44. The molecule has 0 radical (unpaired) electrons. The molecule has 3 nitrogen and oxygen atoms in total. The number of benzene rings is 1. The van der Waals surface area contributed by atoms with Gasteiger partial charge in [-0.3, -0.25) is 0 Å². The van der Waals surface area contributed by atoms with E-state index in [2.05, 4.69) is 5.92 Å². The molecule has 1 N–H and O–H groups in total. The van der Waals surface area contributed by atoms with Gasteiger partial charge in [0.2, 0.25) is 0 Å². The molecule has 0 aromatic heterocycles. The number of hydrogen-bond acceptors (Lipinski definition) is 2. The molecule has 0 amide bonds. The first-order valence-electron chi connectivity index (χ1n) is 5.44. The summed E-state index contributed by atoms with van der Waals surface area (Å²) in [6, 6.07) is 2.60. The highest BCUT2D eigenvalue weighted by Crippen LogP contribution is 2.32. The first-order chi connectivity index (χ1) is 8.81. The molecule has 0 unspecified atom stereocenters. The Balaban J connectivity index is 3.34. The molecule has 0 aliphatic heterocycles. The summed E-state index contributed by atoms with van der Waals surface area (Å²) in [5, 5.41) is 9.02. The van der Waals surface area contributed by atoms with Gasteiger partial charge >= 0.3 is 12.1 Å². The fourth-order valence-corrected chi connectivity index (χ4v) is 1.64. The van der Waals surface area contributed by atoms with E-state index >= 15 is 0 Å². The molecular formula is C13H12F3NO2. The van der Waals surface area contributed by atoms with Crippen molar-refractivity contribution in [2.24, 2.45) is 0 Å². The number of carboxylic acids is 1. The second-order valence-electron chi connectivity index (χ2n) is 3.75. The number of carboxylic acid groups (broad SMARTS) is 1. The molecule has 102 valence electrons. The number of nitrogens with zero attached hydrogens (tertiary/aromatic N) is 1. The van der Waals surface area contributed by atoms with Crippen molar-refractivity contribution in [3.05, 3.63) is 29.3 Å². The summed E-state index contributed by atoms with van der Waals surface area (Å²) in [6.45, 7) is 2.26. The Morgan fingerprint density at radius 1 is 1.47 bits per heavy atom. The fraction of sp³-hybridized carbons (Fsp3) is 0.308. The predicted octanol–water partition coefficient (Wildman–Crippen LogP) is 2.86. The highest BCUT2D eigenvalue weighted by atomic mass is 19.4. The summed E-state index contributed by atoms with van der Waals surface area (Å²) >= 11 is 0. The Kier molecular flexibility index (Phi) is 4.43. The fourth-order valence-electron chi connectivity index (χ4n) is 1.64. The highest BCUT2D eigenvalue weighted by Gasteiger charge is 2.32. The maximum absolute atomic E-state index is 12.6. The zero-order valence-corrected chi connectivity index (χ0v) is 10.2. The molecule has 1 rings (SSSR count). The van der Waals surface area contributed by atoms with Crippen LogP contribution in [0, 0.1) is 12.3 Å². The van der Waals surface area contributed by atoms with Crippen LogP contribution >= 0.6 is 0 Å². The first kappa shape index (κ1) is 14.9. The number of halogens is 3. The van der Waals surface area contributed by atoms with E-state index < -0.39 is 23.3 Å². The Bertz CT molecular complexity index is 518. The second-order valence-corrected chi connectivity index (χ2v) is 3.75. The lowest BCUT2D eigenvalue weighted by atomic mass is 10.1. The molecule has 0 fully saturated rings. The Morgan fingerprint density at radius 2 is 2.11 bits per heavy atom. The molecule has 0 saturated heterocycles. The smallest absolute Gasteiger partial charge is 0.416 e. The zero-order valence-electron chi connectivity index (χ0n) is 10.2. The van der Waals surface area contributed by atoms with E-state index in [1.165, 1.54) is 4.90 Å². The van der Waals surface area contributed by atoms with Crippen molar-refractivity contribution < 1.29 is 23.1 Å². The van der Waals surface area contributed by atoms with Gasteiger partial charge in [0, 0.05) is 6.54 Å². The van der Waals surface area contributed by atoms with Crippen molar-refractivity contribution in [2.75, 3.05) is 18.0 Å². The summed E-state index contributed by atoms with van der Waals surface area (Å²) in [4.78, 5) is 12.6. The van der Waals surface area contributed by atoms with E-state index in [1.807, 2.05) is 0 Å². The summed E-state index contributed by atoms with van der Waals surface area (Å²) in [5.41, 5.74) is -1.22. The number of terminal acetylenes is 1. The minimum Gasteiger partial charge on any atom is -0.478 e. The lowest BCUT2D eigenvalue weighted by Gasteiger charge is -2.23. The molecule has 0 spiro atoms. The van der Waals surface area contributed by atoms with E-state index in [0.717, 1.165) is 12.1 Å². The van der Waals surface area contributed by atoms with E-state index in [-0.39, 0.29) is 12.2 Å². The van der Waals surface area contributed by atoms with Gasteiger partial charge in [-0.1, -0.05) is 5.92 Å². The number of hydrogen-bond donors (Lipinski definition) is 1. The van der Waals surface area contributed by atoms with Gasteiger partial charge in [-0.15, -0.1) is 6.42 Å². The summed E-state index contributed by atoms with van der Waals surface area (Å²) in [6.07, 6.45) is 0.571. The summed E-state index contributed by atoms with van der Waals surface area (Å²) in [5.74, 6) is 0.919. The topological polar surface area (TPSA) is 40.5 Å². The van der Waals surface area contributed by atoms with Crippen LogP contribution in [0.1, 0.15) is 22.8 Å². The number of anilines is 1. The van der Waals surface area contributed by atoms with Crippen molar-refractivity contribution in [2.45, 2.75) is 13.1 Å². The van der Waals surface area contributed by atoms with Crippen LogP contribution in [-0.4, -0.2) is 24.2 Å². The molecule has 0 atom stereocenters. The van der Waals surface area contributed by atoms with Gasteiger partial charge in [-0.2, -0.15) is 13.2 Å². The van der Waals surface area contributed by atoms with Crippen molar-refractivity contribution in [3.63, 3.8) is 0 Å². The molecule has 0 bridgehead atoms. The predicted molar refractivity (Wildman–Crippen MR) is 65.1 cm³/mol. The van der Waals surface area contributed by atoms with E-state index in [4.69, 9.17) is 11.5 Å². The molecule has 0 aliphatic rings. The monoisotopic (exact) mass is 271 g/mol. The van der Waals surface area contributed by atoms with E-state index in [1.54, 1.807) is 6.92 Å². The lowest BCUT2D eigenvalue weighted by molar-refractivity contribution is -0.137. The second kappa shape index (κ2) is 5.65. The Morgan fingerprint density at radius 3 is 2.53 bits per heavy atom. The molecule has 6 heteroatoms. The quantitative estimate of drug-likeness (QED) is 0.856.